The summed E-state index contributed by atoms with van der Waals surface area (Å²) < 4.78 is 5.37. The van der Waals surface area contributed by atoms with Crippen LogP contribution < -0.4 is 10.6 Å². The van der Waals surface area contributed by atoms with E-state index in [-0.39, 0.29) is 0 Å². The molecular weight excluding hydrogens is 324 g/mol. The maximum absolute atomic E-state index is 5.91. The molecule has 0 aromatic heterocycles. The van der Waals surface area contributed by atoms with Gasteiger partial charge in [0.15, 0.2) is 5.96 Å². The summed E-state index contributed by atoms with van der Waals surface area (Å²) in [6.45, 7) is 9.56. The Morgan fingerprint density at radius 3 is 2.67 bits per heavy atom. The fraction of sp³-hybridized carbons (Fsp3) is 0.611. The minimum absolute atomic E-state index is 0.780. The molecule has 1 aromatic rings. The van der Waals surface area contributed by atoms with Gasteiger partial charge in [-0.15, -0.1) is 0 Å². The van der Waals surface area contributed by atoms with Crippen LogP contribution in [0.1, 0.15) is 18.9 Å². The van der Waals surface area contributed by atoms with Crippen molar-refractivity contribution in [2.45, 2.75) is 19.8 Å². The first kappa shape index (κ1) is 19.0. The summed E-state index contributed by atoms with van der Waals surface area (Å²) in [5.74, 6) is 0.897. The maximum atomic E-state index is 5.91. The molecule has 0 unspecified atom stereocenters. The predicted octanol–water partition coefficient (Wildman–Crippen LogP) is 2.16. The summed E-state index contributed by atoms with van der Waals surface area (Å²) in [5, 5.41) is 7.47. The Morgan fingerprint density at radius 1 is 1.21 bits per heavy atom. The van der Waals surface area contributed by atoms with Crippen molar-refractivity contribution in [1.82, 2.24) is 15.5 Å². The molecule has 0 spiro atoms. The Labute approximate surface area is 150 Å². The van der Waals surface area contributed by atoms with Crippen LogP contribution in [-0.2, 0) is 11.2 Å². The molecule has 6 heteroatoms. The lowest BCUT2D eigenvalue weighted by Gasteiger charge is -2.26. The number of benzene rings is 1. The van der Waals surface area contributed by atoms with Crippen LogP contribution >= 0.6 is 11.6 Å². The first-order chi connectivity index (χ1) is 11.8. The Kier molecular flexibility index (Phi) is 8.95. The summed E-state index contributed by atoms with van der Waals surface area (Å²) in [6, 6.07) is 8.00. The van der Waals surface area contributed by atoms with E-state index in [1.165, 1.54) is 5.56 Å². The molecule has 0 saturated carbocycles. The number of halogens is 1. The van der Waals surface area contributed by atoms with Gasteiger partial charge in [-0.3, -0.25) is 9.89 Å². The first-order valence-electron chi connectivity index (χ1n) is 8.84. The van der Waals surface area contributed by atoms with Crippen molar-refractivity contribution in [2.75, 3.05) is 52.5 Å². The van der Waals surface area contributed by atoms with Crippen LogP contribution in [0, 0.1) is 0 Å². The Morgan fingerprint density at radius 2 is 1.96 bits per heavy atom. The molecule has 1 heterocycles. The molecule has 0 radical (unpaired) electrons. The van der Waals surface area contributed by atoms with Crippen LogP contribution in [0.15, 0.2) is 29.3 Å². The van der Waals surface area contributed by atoms with Crippen molar-refractivity contribution in [3.63, 3.8) is 0 Å². The molecule has 5 nitrogen and oxygen atoms in total. The third kappa shape index (κ3) is 7.51. The van der Waals surface area contributed by atoms with Crippen LogP contribution in [0.5, 0.6) is 0 Å². The van der Waals surface area contributed by atoms with E-state index < -0.39 is 0 Å². The average molecular weight is 353 g/mol. The Bertz CT molecular complexity index is 486. The predicted molar refractivity (Wildman–Crippen MR) is 101 cm³/mol. The number of nitrogens with one attached hydrogen (secondary N) is 2. The number of morpholine rings is 1. The van der Waals surface area contributed by atoms with Gasteiger partial charge in [-0.05, 0) is 37.5 Å². The van der Waals surface area contributed by atoms with Gasteiger partial charge in [-0.2, -0.15) is 0 Å². The zero-order valence-electron chi connectivity index (χ0n) is 14.6. The molecular formula is C18H29ClN4O. The van der Waals surface area contributed by atoms with Gasteiger partial charge < -0.3 is 15.4 Å². The highest BCUT2D eigenvalue weighted by Gasteiger charge is 2.08. The van der Waals surface area contributed by atoms with Gasteiger partial charge in [-0.25, -0.2) is 0 Å². The largest absolute Gasteiger partial charge is 0.379 e. The van der Waals surface area contributed by atoms with E-state index >= 15 is 0 Å². The molecule has 1 aliphatic heterocycles. The lowest BCUT2D eigenvalue weighted by molar-refractivity contribution is 0.0377. The smallest absolute Gasteiger partial charge is 0.191 e. The van der Waals surface area contributed by atoms with E-state index in [2.05, 4.69) is 39.6 Å². The summed E-state index contributed by atoms with van der Waals surface area (Å²) in [6.07, 6.45) is 2.03. The number of aliphatic imine (C=N–C) groups is 1. The second-order valence-electron chi connectivity index (χ2n) is 5.87. The topological polar surface area (TPSA) is 48.9 Å². The van der Waals surface area contributed by atoms with Crippen molar-refractivity contribution in [3.8, 4) is 0 Å². The molecule has 24 heavy (non-hydrogen) atoms. The Balaban J connectivity index is 1.66. The molecule has 1 saturated heterocycles. The van der Waals surface area contributed by atoms with E-state index in [1.807, 2.05) is 12.1 Å². The first-order valence-corrected chi connectivity index (χ1v) is 9.22. The summed E-state index contributed by atoms with van der Waals surface area (Å²) >= 11 is 5.91. The van der Waals surface area contributed by atoms with E-state index in [4.69, 9.17) is 16.3 Å². The highest BCUT2D eigenvalue weighted by atomic mass is 35.5. The second kappa shape index (κ2) is 11.3. The minimum atomic E-state index is 0.780. The average Bonchev–Trinajstić information content (AvgIpc) is 2.61. The number of ether oxygens (including phenoxy) is 1. The third-order valence-electron chi connectivity index (χ3n) is 3.97. The zero-order chi connectivity index (χ0) is 17.0. The van der Waals surface area contributed by atoms with Gasteiger partial charge in [-0.1, -0.05) is 23.7 Å². The van der Waals surface area contributed by atoms with Crippen LogP contribution in [0.25, 0.3) is 0 Å². The van der Waals surface area contributed by atoms with Gasteiger partial charge in [0.2, 0.25) is 0 Å². The van der Waals surface area contributed by atoms with Crippen LogP contribution in [0.2, 0.25) is 5.02 Å². The number of hydrogen-bond acceptors (Lipinski definition) is 3. The lowest BCUT2D eigenvalue weighted by Crippen LogP contribution is -2.39. The molecule has 0 bridgehead atoms. The number of nitrogens with zero attached hydrogens (tertiary/aromatic N) is 2. The van der Waals surface area contributed by atoms with E-state index in [0.717, 1.165) is 76.3 Å². The van der Waals surface area contributed by atoms with Crippen molar-refractivity contribution >= 4 is 17.6 Å². The molecule has 134 valence electrons. The SMILES string of the molecule is CCNC(=NCCCN1CCOCC1)NCCc1ccc(Cl)cc1. The molecule has 2 N–H and O–H groups in total. The number of hydrogen-bond donors (Lipinski definition) is 2. The number of guanidine groups is 1. The lowest BCUT2D eigenvalue weighted by atomic mass is 10.1. The summed E-state index contributed by atoms with van der Waals surface area (Å²) in [7, 11) is 0. The normalized spacial score (nSPS) is 16.2. The molecule has 0 amide bonds. The quantitative estimate of drug-likeness (QED) is 0.427. The van der Waals surface area contributed by atoms with E-state index in [1.54, 1.807) is 0 Å². The van der Waals surface area contributed by atoms with Gasteiger partial charge in [0.1, 0.15) is 0 Å². The van der Waals surface area contributed by atoms with Crippen molar-refractivity contribution in [3.05, 3.63) is 34.9 Å². The van der Waals surface area contributed by atoms with E-state index in [0.29, 0.717) is 0 Å². The molecule has 0 aliphatic carbocycles. The molecule has 1 aliphatic rings. The van der Waals surface area contributed by atoms with E-state index in [9.17, 15) is 0 Å². The van der Waals surface area contributed by atoms with Gasteiger partial charge in [0.05, 0.1) is 13.2 Å². The molecule has 2 rings (SSSR count). The highest BCUT2D eigenvalue weighted by Crippen LogP contribution is 2.09. The molecule has 0 atom stereocenters. The van der Waals surface area contributed by atoms with Gasteiger partial charge in [0.25, 0.3) is 0 Å². The van der Waals surface area contributed by atoms with Crippen LogP contribution in [0.4, 0.5) is 0 Å². The highest BCUT2D eigenvalue weighted by molar-refractivity contribution is 6.30. The second-order valence-corrected chi connectivity index (χ2v) is 6.31. The fourth-order valence-electron chi connectivity index (χ4n) is 2.63. The monoisotopic (exact) mass is 352 g/mol. The molecule has 1 fully saturated rings. The van der Waals surface area contributed by atoms with Gasteiger partial charge in [0, 0.05) is 44.3 Å². The zero-order valence-corrected chi connectivity index (χ0v) is 15.3. The van der Waals surface area contributed by atoms with Crippen LogP contribution in [-0.4, -0.2) is 63.3 Å². The molecule has 1 aromatic carbocycles. The van der Waals surface area contributed by atoms with Crippen molar-refractivity contribution in [2.24, 2.45) is 4.99 Å². The Hall–Kier alpha value is -1.30. The minimum Gasteiger partial charge on any atom is -0.379 e. The standard InChI is InChI=1S/C18H29ClN4O/c1-2-20-18(21-9-3-11-23-12-14-24-15-13-23)22-10-8-16-4-6-17(19)7-5-16/h4-7H,2-3,8-15H2,1H3,(H2,20,21,22). The maximum Gasteiger partial charge on any atom is 0.191 e. The fourth-order valence-corrected chi connectivity index (χ4v) is 2.75. The summed E-state index contributed by atoms with van der Waals surface area (Å²) in [4.78, 5) is 7.10. The number of rotatable bonds is 8. The van der Waals surface area contributed by atoms with Gasteiger partial charge >= 0.3 is 0 Å². The van der Waals surface area contributed by atoms with Crippen molar-refractivity contribution < 1.29 is 4.74 Å². The van der Waals surface area contributed by atoms with Crippen molar-refractivity contribution in [1.29, 1.82) is 0 Å². The van der Waals surface area contributed by atoms with Crippen LogP contribution in [0.3, 0.4) is 0 Å². The summed E-state index contributed by atoms with van der Waals surface area (Å²) in [5.41, 5.74) is 1.27. The third-order valence-corrected chi connectivity index (χ3v) is 4.22.